The number of aromatic nitrogens is 4. The summed E-state index contributed by atoms with van der Waals surface area (Å²) in [6.45, 7) is 0. The summed E-state index contributed by atoms with van der Waals surface area (Å²) >= 11 is 4.68. The summed E-state index contributed by atoms with van der Waals surface area (Å²) in [5, 5.41) is 8.24. The minimum absolute atomic E-state index is 0.227. The van der Waals surface area contributed by atoms with Crippen molar-refractivity contribution in [2.45, 2.75) is 0 Å². The normalized spacial score (nSPS) is 10.4. The van der Waals surface area contributed by atoms with Gasteiger partial charge in [-0.3, -0.25) is 5.10 Å². The Bertz CT molecular complexity index is 394. The summed E-state index contributed by atoms with van der Waals surface area (Å²) in [6, 6.07) is 0. The second-order valence-corrected chi connectivity index (χ2v) is 3.54. The van der Waals surface area contributed by atoms with Gasteiger partial charge in [0.15, 0.2) is 5.82 Å². The van der Waals surface area contributed by atoms with Crippen LogP contribution in [0.4, 0.5) is 5.95 Å². The molecular weight excluding hydrogens is 242 g/mol. The molecule has 0 aliphatic heterocycles. The first-order valence-electron chi connectivity index (χ1n) is 3.05. The van der Waals surface area contributed by atoms with Crippen molar-refractivity contribution >= 4 is 33.4 Å². The highest BCUT2D eigenvalue weighted by Gasteiger charge is 2.09. The zero-order valence-corrected chi connectivity index (χ0v) is 8.19. The number of nitrogen functional groups attached to an aromatic ring is 1. The van der Waals surface area contributed by atoms with Crippen LogP contribution >= 0.6 is 27.5 Å². The van der Waals surface area contributed by atoms with Gasteiger partial charge in [-0.2, -0.15) is 9.36 Å². The standard InChI is InChI=1S/C5H4BrN5S/c6-2-1-12-11-3(2)4-8-5(7)10-9-4/h1H,(H3,7,8,9,10). The maximum absolute atomic E-state index is 5.34. The number of anilines is 1. The van der Waals surface area contributed by atoms with Crippen LogP contribution in [0.5, 0.6) is 0 Å². The molecule has 2 aromatic heterocycles. The van der Waals surface area contributed by atoms with Gasteiger partial charge < -0.3 is 5.73 Å². The van der Waals surface area contributed by atoms with Crippen LogP contribution in [0.15, 0.2) is 9.85 Å². The van der Waals surface area contributed by atoms with E-state index in [4.69, 9.17) is 5.73 Å². The Morgan fingerprint density at radius 1 is 1.58 bits per heavy atom. The molecule has 0 bridgehead atoms. The average molecular weight is 246 g/mol. The van der Waals surface area contributed by atoms with Crippen molar-refractivity contribution in [3.8, 4) is 11.5 Å². The molecule has 2 aromatic rings. The van der Waals surface area contributed by atoms with Crippen LogP contribution in [0.2, 0.25) is 0 Å². The molecule has 3 N–H and O–H groups in total. The van der Waals surface area contributed by atoms with Gasteiger partial charge in [0.2, 0.25) is 5.95 Å². The van der Waals surface area contributed by atoms with Crippen LogP contribution in [-0.2, 0) is 0 Å². The molecular formula is C5H4BrN5S. The summed E-state index contributed by atoms with van der Waals surface area (Å²) in [6.07, 6.45) is 0. The van der Waals surface area contributed by atoms with Gasteiger partial charge in [-0.15, -0.1) is 5.10 Å². The van der Waals surface area contributed by atoms with E-state index in [1.54, 1.807) is 0 Å². The molecule has 0 aliphatic carbocycles. The third-order valence-electron chi connectivity index (χ3n) is 1.25. The van der Waals surface area contributed by atoms with Crippen LogP contribution in [-0.4, -0.2) is 19.6 Å². The fraction of sp³-hybridized carbons (Fsp3) is 0. The van der Waals surface area contributed by atoms with Gasteiger partial charge in [0.25, 0.3) is 0 Å². The van der Waals surface area contributed by atoms with E-state index < -0.39 is 0 Å². The monoisotopic (exact) mass is 245 g/mol. The third-order valence-corrected chi connectivity index (χ3v) is 2.79. The molecule has 2 rings (SSSR count). The molecule has 0 unspecified atom stereocenters. The zero-order chi connectivity index (χ0) is 8.55. The summed E-state index contributed by atoms with van der Waals surface area (Å²) in [4.78, 5) is 3.94. The number of H-pyrrole nitrogens is 1. The number of nitrogens with one attached hydrogen (secondary N) is 1. The third kappa shape index (κ3) is 1.21. The Kier molecular flexibility index (Phi) is 1.81. The smallest absolute Gasteiger partial charge is 0.239 e. The highest BCUT2D eigenvalue weighted by Crippen LogP contribution is 2.25. The number of rotatable bonds is 1. The Hall–Kier alpha value is -0.950. The highest BCUT2D eigenvalue weighted by atomic mass is 79.9. The number of nitrogens with zero attached hydrogens (tertiary/aromatic N) is 3. The molecule has 0 aromatic carbocycles. The molecule has 7 heteroatoms. The predicted molar refractivity (Wildman–Crippen MR) is 49.6 cm³/mol. The van der Waals surface area contributed by atoms with Gasteiger partial charge in [0.05, 0.1) is 4.47 Å². The van der Waals surface area contributed by atoms with Crippen LogP contribution in [0.3, 0.4) is 0 Å². The van der Waals surface area contributed by atoms with Crippen molar-refractivity contribution in [2.75, 3.05) is 5.73 Å². The van der Waals surface area contributed by atoms with Gasteiger partial charge in [-0.1, -0.05) is 0 Å². The van der Waals surface area contributed by atoms with Gasteiger partial charge in [-0.25, -0.2) is 0 Å². The van der Waals surface area contributed by atoms with Gasteiger partial charge in [0, 0.05) is 5.38 Å². The van der Waals surface area contributed by atoms with E-state index in [-0.39, 0.29) is 5.95 Å². The summed E-state index contributed by atoms with van der Waals surface area (Å²) < 4.78 is 5.00. The van der Waals surface area contributed by atoms with E-state index in [0.717, 1.165) is 10.2 Å². The van der Waals surface area contributed by atoms with Gasteiger partial charge in [0.1, 0.15) is 5.69 Å². The summed E-state index contributed by atoms with van der Waals surface area (Å²) in [5.41, 5.74) is 6.08. The molecule has 62 valence electrons. The number of hydrogen-bond acceptors (Lipinski definition) is 5. The first kappa shape index (κ1) is 7.69. The second-order valence-electron chi connectivity index (χ2n) is 2.05. The molecule has 12 heavy (non-hydrogen) atoms. The minimum atomic E-state index is 0.227. The van der Waals surface area contributed by atoms with Crippen molar-refractivity contribution in [2.24, 2.45) is 0 Å². The molecule has 0 saturated heterocycles. The van der Waals surface area contributed by atoms with Crippen LogP contribution in [0.1, 0.15) is 0 Å². The topological polar surface area (TPSA) is 80.5 Å². The molecule has 0 aliphatic rings. The fourth-order valence-corrected chi connectivity index (χ4v) is 1.95. The SMILES string of the molecule is Nc1n[nH]c(-c2nscc2Br)n1. The maximum atomic E-state index is 5.34. The molecule has 2 heterocycles. The lowest BCUT2D eigenvalue weighted by Gasteiger charge is -1.87. The van der Waals surface area contributed by atoms with E-state index in [1.165, 1.54) is 11.5 Å². The maximum Gasteiger partial charge on any atom is 0.239 e. The Morgan fingerprint density at radius 3 is 2.92 bits per heavy atom. The van der Waals surface area contributed by atoms with Gasteiger partial charge >= 0.3 is 0 Å². The zero-order valence-electron chi connectivity index (χ0n) is 5.78. The minimum Gasteiger partial charge on any atom is -0.366 e. The number of hydrogen-bond donors (Lipinski definition) is 2. The molecule has 0 amide bonds. The Morgan fingerprint density at radius 2 is 2.42 bits per heavy atom. The van der Waals surface area contributed by atoms with Crippen molar-refractivity contribution in [3.05, 3.63) is 9.85 Å². The van der Waals surface area contributed by atoms with Crippen molar-refractivity contribution < 1.29 is 0 Å². The van der Waals surface area contributed by atoms with Crippen molar-refractivity contribution in [3.63, 3.8) is 0 Å². The van der Waals surface area contributed by atoms with Crippen molar-refractivity contribution in [1.29, 1.82) is 0 Å². The first-order valence-corrected chi connectivity index (χ1v) is 4.68. The quantitative estimate of drug-likeness (QED) is 0.794. The van der Waals surface area contributed by atoms with Crippen LogP contribution in [0.25, 0.3) is 11.5 Å². The molecule has 0 atom stereocenters. The lowest BCUT2D eigenvalue weighted by Crippen LogP contribution is -1.85. The van der Waals surface area contributed by atoms with Crippen molar-refractivity contribution in [1.82, 2.24) is 19.6 Å². The van der Waals surface area contributed by atoms with Crippen LogP contribution in [0, 0.1) is 0 Å². The van der Waals surface area contributed by atoms with E-state index in [2.05, 4.69) is 35.5 Å². The summed E-state index contributed by atoms with van der Waals surface area (Å²) in [7, 11) is 0. The lowest BCUT2D eigenvalue weighted by atomic mass is 10.4. The van der Waals surface area contributed by atoms with E-state index in [0.29, 0.717) is 5.82 Å². The largest absolute Gasteiger partial charge is 0.366 e. The molecule has 0 spiro atoms. The van der Waals surface area contributed by atoms with Gasteiger partial charge in [-0.05, 0) is 27.5 Å². The van der Waals surface area contributed by atoms with E-state index in [9.17, 15) is 0 Å². The fourth-order valence-electron chi connectivity index (χ4n) is 0.762. The van der Waals surface area contributed by atoms with Crippen LogP contribution < -0.4 is 5.73 Å². The second kappa shape index (κ2) is 2.83. The lowest BCUT2D eigenvalue weighted by molar-refractivity contribution is 1.10. The van der Waals surface area contributed by atoms with E-state index >= 15 is 0 Å². The molecule has 5 nitrogen and oxygen atoms in total. The Labute approximate surface area is 80.3 Å². The molecule has 0 fully saturated rings. The Balaban J connectivity index is 2.50. The molecule has 0 saturated carbocycles. The van der Waals surface area contributed by atoms with E-state index in [1.807, 2.05) is 5.38 Å². The average Bonchev–Trinajstić information content (AvgIpc) is 2.58. The highest BCUT2D eigenvalue weighted by molar-refractivity contribution is 9.10. The predicted octanol–water partition coefficient (Wildman–Crippen LogP) is 1.27. The first-order chi connectivity index (χ1) is 5.77. The number of nitrogens with two attached hydrogens (primary N) is 1. The summed E-state index contributed by atoms with van der Waals surface area (Å²) in [5.74, 6) is 0.811. The number of halogens is 1. The molecule has 0 radical (unpaired) electrons. The number of aromatic amines is 1.